The number of benzene rings is 2. The summed E-state index contributed by atoms with van der Waals surface area (Å²) in [5, 5.41) is 13.8. The molecule has 0 spiro atoms. The maximum atomic E-state index is 12.1. The standard InChI is InChI=1S/C20H18N4O4/c21-19-16(4-3-11-22-19)20(25)23-12-14-7-9-15(10-8-14)13-28-18-6-2-1-5-17(18)24(26)27/h1-11H,12-13H2,(H2,21,22)(H,23,25). The third-order valence-electron chi connectivity index (χ3n) is 4.02. The highest BCUT2D eigenvalue weighted by Gasteiger charge is 2.13. The number of nitrogens with one attached hydrogen (secondary N) is 1. The van der Waals surface area contributed by atoms with Crippen LogP contribution in [0.3, 0.4) is 0 Å². The van der Waals surface area contributed by atoms with Crippen molar-refractivity contribution >= 4 is 17.4 Å². The normalized spacial score (nSPS) is 10.3. The molecule has 1 heterocycles. The Balaban J connectivity index is 1.56. The molecule has 1 aromatic heterocycles. The van der Waals surface area contributed by atoms with Crippen LogP contribution in [0.25, 0.3) is 0 Å². The predicted octanol–water partition coefficient (Wildman–Crippen LogP) is 3.08. The van der Waals surface area contributed by atoms with Crippen molar-refractivity contribution in [3.05, 3.63) is 93.7 Å². The molecule has 0 unspecified atom stereocenters. The molecule has 1 amide bonds. The van der Waals surface area contributed by atoms with Crippen molar-refractivity contribution < 1.29 is 14.5 Å². The molecule has 0 aliphatic heterocycles. The summed E-state index contributed by atoms with van der Waals surface area (Å²) in [5.74, 6) is 0.106. The first-order valence-corrected chi connectivity index (χ1v) is 8.47. The van der Waals surface area contributed by atoms with E-state index < -0.39 is 4.92 Å². The number of nitro benzene ring substituents is 1. The molecule has 3 rings (SSSR count). The Hall–Kier alpha value is -3.94. The molecule has 28 heavy (non-hydrogen) atoms. The average molecular weight is 378 g/mol. The Morgan fingerprint density at radius 3 is 2.50 bits per heavy atom. The molecule has 0 saturated carbocycles. The summed E-state index contributed by atoms with van der Waals surface area (Å²) in [6, 6.07) is 16.9. The lowest BCUT2D eigenvalue weighted by Gasteiger charge is -2.09. The topological polar surface area (TPSA) is 120 Å². The molecule has 8 nitrogen and oxygen atoms in total. The first kappa shape index (κ1) is 18.8. The van der Waals surface area contributed by atoms with Gasteiger partial charge >= 0.3 is 5.69 Å². The largest absolute Gasteiger partial charge is 0.482 e. The summed E-state index contributed by atoms with van der Waals surface area (Å²) in [6.07, 6.45) is 1.52. The number of carbonyl (C=O) groups is 1. The number of anilines is 1. The van der Waals surface area contributed by atoms with Gasteiger partial charge in [0.25, 0.3) is 5.91 Å². The summed E-state index contributed by atoms with van der Waals surface area (Å²) in [7, 11) is 0. The second-order valence-electron chi connectivity index (χ2n) is 5.95. The Labute approximate surface area is 161 Å². The lowest BCUT2D eigenvalue weighted by molar-refractivity contribution is -0.385. The minimum Gasteiger partial charge on any atom is -0.482 e. The minimum atomic E-state index is -0.476. The van der Waals surface area contributed by atoms with Crippen LogP contribution in [-0.4, -0.2) is 15.8 Å². The van der Waals surface area contributed by atoms with Gasteiger partial charge in [0.15, 0.2) is 5.75 Å². The van der Waals surface area contributed by atoms with E-state index in [-0.39, 0.29) is 29.8 Å². The minimum absolute atomic E-state index is 0.0727. The van der Waals surface area contributed by atoms with Crippen LogP contribution in [0.1, 0.15) is 21.5 Å². The summed E-state index contributed by atoms with van der Waals surface area (Å²) in [4.78, 5) is 26.6. The van der Waals surface area contributed by atoms with Gasteiger partial charge in [-0.3, -0.25) is 14.9 Å². The summed E-state index contributed by atoms with van der Waals surface area (Å²) >= 11 is 0. The molecule has 0 radical (unpaired) electrons. The Bertz CT molecular complexity index is 990. The van der Waals surface area contributed by atoms with Crippen LogP contribution >= 0.6 is 0 Å². The van der Waals surface area contributed by atoms with E-state index in [1.165, 1.54) is 12.3 Å². The lowest BCUT2D eigenvalue weighted by Crippen LogP contribution is -2.24. The van der Waals surface area contributed by atoms with Crippen molar-refractivity contribution in [2.45, 2.75) is 13.2 Å². The van der Waals surface area contributed by atoms with E-state index in [1.807, 2.05) is 24.3 Å². The van der Waals surface area contributed by atoms with Crippen molar-refractivity contribution in [1.82, 2.24) is 10.3 Å². The third kappa shape index (κ3) is 4.61. The van der Waals surface area contributed by atoms with E-state index in [0.29, 0.717) is 12.1 Å². The van der Waals surface area contributed by atoms with Crippen molar-refractivity contribution in [1.29, 1.82) is 0 Å². The van der Waals surface area contributed by atoms with Gasteiger partial charge in [-0.2, -0.15) is 0 Å². The molecule has 0 fully saturated rings. The number of hydrogen-bond donors (Lipinski definition) is 2. The van der Waals surface area contributed by atoms with E-state index in [9.17, 15) is 14.9 Å². The average Bonchev–Trinajstić information content (AvgIpc) is 2.71. The molecule has 3 aromatic rings. The number of rotatable bonds is 7. The van der Waals surface area contributed by atoms with Gasteiger partial charge in [0, 0.05) is 18.8 Å². The van der Waals surface area contributed by atoms with Crippen LogP contribution < -0.4 is 15.8 Å². The first-order valence-electron chi connectivity index (χ1n) is 8.47. The van der Waals surface area contributed by atoms with E-state index in [4.69, 9.17) is 10.5 Å². The quantitative estimate of drug-likeness (QED) is 0.481. The first-order chi connectivity index (χ1) is 13.5. The predicted molar refractivity (Wildman–Crippen MR) is 104 cm³/mol. The van der Waals surface area contributed by atoms with Crippen LogP contribution in [0.2, 0.25) is 0 Å². The molecule has 3 N–H and O–H groups in total. The monoisotopic (exact) mass is 378 g/mol. The number of carbonyl (C=O) groups excluding carboxylic acids is 1. The highest BCUT2D eigenvalue weighted by Crippen LogP contribution is 2.26. The molecule has 142 valence electrons. The van der Waals surface area contributed by atoms with Gasteiger partial charge in [-0.1, -0.05) is 36.4 Å². The van der Waals surface area contributed by atoms with Gasteiger partial charge in [-0.25, -0.2) is 4.98 Å². The number of para-hydroxylation sites is 2. The van der Waals surface area contributed by atoms with E-state index in [0.717, 1.165) is 11.1 Å². The molecular weight excluding hydrogens is 360 g/mol. The number of nitro groups is 1. The molecule has 0 aliphatic carbocycles. The van der Waals surface area contributed by atoms with E-state index in [2.05, 4.69) is 10.3 Å². The fourth-order valence-corrected chi connectivity index (χ4v) is 2.53. The fraction of sp³-hybridized carbons (Fsp3) is 0.100. The number of nitrogens with zero attached hydrogens (tertiary/aromatic N) is 2. The smallest absolute Gasteiger partial charge is 0.310 e. The third-order valence-corrected chi connectivity index (χ3v) is 4.02. The number of amides is 1. The fourth-order valence-electron chi connectivity index (χ4n) is 2.53. The van der Waals surface area contributed by atoms with Gasteiger partial charge in [0.1, 0.15) is 12.4 Å². The van der Waals surface area contributed by atoms with Crippen LogP contribution in [-0.2, 0) is 13.2 Å². The number of hydrogen-bond acceptors (Lipinski definition) is 6. The van der Waals surface area contributed by atoms with Gasteiger partial charge in [-0.05, 0) is 29.3 Å². The number of aromatic nitrogens is 1. The Morgan fingerprint density at radius 2 is 1.79 bits per heavy atom. The van der Waals surface area contributed by atoms with E-state index in [1.54, 1.807) is 30.3 Å². The molecular formula is C20H18N4O4. The molecule has 0 aliphatic rings. The van der Waals surface area contributed by atoms with Gasteiger partial charge in [0.2, 0.25) is 0 Å². The Morgan fingerprint density at radius 1 is 1.07 bits per heavy atom. The molecule has 2 aromatic carbocycles. The summed E-state index contributed by atoms with van der Waals surface area (Å²) in [6.45, 7) is 0.530. The van der Waals surface area contributed by atoms with Crippen LogP contribution in [0.15, 0.2) is 66.9 Å². The van der Waals surface area contributed by atoms with E-state index >= 15 is 0 Å². The van der Waals surface area contributed by atoms with Gasteiger partial charge < -0.3 is 15.8 Å². The number of pyridine rings is 1. The van der Waals surface area contributed by atoms with Crippen molar-refractivity contribution in [2.24, 2.45) is 0 Å². The Kier molecular flexibility index (Phi) is 5.81. The SMILES string of the molecule is Nc1ncccc1C(=O)NCc1ccc(COc2ccccc2[N+](=O)[O-])cc1. The zero-order valence-corrected chi connectivity index (χ0v) is 14.9. The zero-order valence-electron chi connectivity index (χ0n) is 14.9. The van der Waals surface area contributed by atoms with Crippen LogP contribution in [0.4, 0.5) is 11.5 Å². The van der Waals surface area contributed by atoms with Crippen molar-refractivity contribution in [2.75, 3.05) is 5.73 Å². The molecule has 0 atom stereocenters. The second kappa shape index (κ2) is 8.63. The maximum Gasteiger partial charge on any atom is 0.310 e. The molecule has 8 heteroatoms. The highest BCUT2D eigenvalue weighted by molar-refractivity contribution is 5.98. The maximum absolute atomic E-state index is 12.1. The number of nitrogens with two attached hydrogens (primary N) is 1. The summed E-state index contributed by atoms with van der Waals surface area (Å²) in [5.41, 5.74) is 7.70. The number of nitrogen functional groups attached to an aromatic ring is 1. The second-order valence-corrected chi connectivity index (χ2v) is 5.95. The molecule has 0 saturated heterocycles. The number of ether oxygens (including phenoxy) is 1. The summed E-state index contributed by atoms with van der Waals surface area (Å²) < 4.78 is 5.56. The van der Waals surface area contributed by atoms with Crippen molar-refractivity contribution in [3.63, 3.8) is 0 Å². The van der Waals surface area contributed by atoms with Crippen LogP contribution in [0.5, 0.6) is 5.75 Å². The zero-order chi connectivity index (χ0) is 19.9. The van der Waals surface area contributed by atoms with Crippen LogP contribution in [0, 0.1) is 10.1 Å². The highest BCUT2D eigenvalue weighted by atomic mass is 16.6. The molecule has 0 bridgehead atoms. The lowest BCUT2D eigenvalue weighted by atomic mass is 10.1. The van der Waals surface area contributed by atoms with Crippen molar-refractivity contribution in [3.8, 4) is 5.75 Å². The van der Waals surface area contributed by atoms with Gasteiger partial charge in [-0.15, -0.1) is 0 Å². The van der Waals surface area contributed by atoms with Gasteiger partial charge in [0.05, 0.1) is 10.5 Å².